The lowest BCUT2D eigenvalue weighted by atomic mass is 10.1. The van der Waals surface area contributed by atoms with Crippen molar-refractivity contribution >= 4 is 5.97 Å². The van der Waals surface area contributed by atoms with Gasteiger partial charge in [-0.05, 0) is 26.4 Å². The van der Waals surface area contributed by atoms with E-state index in [1.807, 2.05) is 11.9 Å². The van der Waals surface area contributed by atoms with Gasteiger partial charge in [-0.3, -0.25) is 9.69 Å². The molecule has 3 heteroatoms. The second-order valence-corrected chi connectivity index (χ2v) is 3.18. The predicted molar refractivity (Wildman–Crippen MR) is 42.5 cm³/mol. The minimum Gasteiger partial charge on any atom is -0.480 e. The fraction of sp³-hybridized carbons (Fsp3) is 0.875. The number of likely N-dealkylation sites (N-methyl/N-ethyl adjacent to an activating group) is 1. The first kappa shape index (κ1) is 8.53. The summed E-state index contributed by atoms with van der Waals surface area (Å²) in [6.45, 7) is 0.928. The number of nitrogens with zero attached hydrogens (tertiary/aromatic N) is 1. The predicted octanol–water partition coefficient (Wildman–Crippen LogP) is 0.945. The maximum atomic E-state index is 10.7. The number of likely N-dealkylation sites (tertiary alicyclic amines) is 1. The number of aliphatic carboxylic acids is 1. The maximum Gasteiger partial charge on any atom is 0.320 e. The molecule has 0 aromatic carbocycles. The van der Waals surface area contributed by atoms with E-state index in [1.54, 1.807) is 0 Å². The minimum absolute atomic E-state index is 0.238. The molecule has 1 aliphatic rings. The summed E-state index contributed by atoms with van der Waals surface area (Å²) in [6.07, 6.45) is 4.18. The second-order valence-electron chi connectivity index (χ2n) is 3.18. The van der Waals surface area contributed by atoms with Crippen LogP contribution in [0.3, 0.4) is 0 Å². The molecule has 0 aliphatic carbocycles. The lowest BCUT2D eigenvalue weighted by Crippen LogP contribution is -2.37. The number of carbonyl (C=O) groups is 1. The van der Waals surface area contributed by atoms with Gasteiger partial charge in [0.05, 0.1) is 0 Å². The van der Waals surface area contributed by atoms with Crippen LogP contribution in [0.5, 0.6) is 0 Å². The quantitative estimate of drug-likeness (QED) is 0.616. The van der Waals surface area contributed by atoms with Gasteiger partial charge in [-0.1, -0.05) is 12.8 Å². The van der Waals surface area contributed by atoms with E-state index in [-0.39, 0.29) is 6.04 Å². The summed E-state index contributed by atoms with van der Waals surface area (Å²) in [4.78, 5) is 12.6. The zero-order valence-electron chi connectivity index (χ0n) is 6.92. The lowest BCUT2D eigenvalue weighted by molar-refractivity contribution is -0.142. The number of carboxylic acid groups (broad SMARTS) is 1. The van der Waals surface area contributed by atoms with Crippen LogP contribution >= 0.6 is 0 Å². The smallest absolute Gasteiger partial charge is 0.320 e. The number of hydrogen-bond donors (Lipinski definition) is 1. The Kier molecular flexibility index (Phi) is 2.88. The van der Waals surface area contributed by atoms with E-state index in [4.69, 9.17) is 5.11 Å². The molecule has 0 aromatic rings. The summed E-state index contributed by atoms with van der Waals surface area (Å²) in [5.74, 6) is -0.672. The van der Waals surface area contributed by atoms with Gasteiger partial charge in [-0.2, -0.15) is 0 Å². The summed E-state index contributed by atoms with van der Waals surface area (Å²) in [7, 11) is 1.89. The average molecular weight is 157 g/mol. The van der Waals surface area contributed by atoms with Crippen molar-refractivity contribution in [3.05, 3.63) is 0 Å². The number of carboxylic acids is 1. The molecule has 3 nitrogen and oxygen atoms in total. The summed E-state index contributed by atoms with van der Waals surface area (Å²) < 4.78 is 0. The fourth-order valence-electron chi connectivity index (χ4n) is 1.56. The first-order valence-electron chi connectivity index (χ1n) is 4.15. The van der Waals surface area contributed by atoms with E-state index >= 15 is 0 Å². The Morgan fingerprint density at radius 3 is 2.82 bits per heavy atom. The van der Waals surface area contributed by atoms with Crippen LogP contribution < -0.4 is 0 Å². The molecule has 1 saturated heterocycles. The lowest BCUT2D eigenvalue weighted by Gasteiger charge is -2.20. The fourth-order valence-corrected chi connectivity index (χ4v) is 1.56. The summed E-state index contributed by atoms with van der Waals surface area (Å²) >= 11 is 0. The first-order valence-corrected chi connectivity index (χ1v) is 4.15. The summed E-state index contributed by atoms with van der Waals surface area (Å²) in [6, 6.07) is -0.238. The van der Waals surface area contributed by atoms with Crippen molar-refractivity contribution in [1.29, 1.82) is 0 Å². The van der Waals surface area contributed by atoms with E-state index in [1.165, 1.54) is 6.42 Å². The Morgan fingerprint density at radius 2 is 2.18 bits per heavy atom. The van der Waals surface area contributed by atoms with Crippen molar-refractivity contribution < 1.29 is 9.90 Å². The highest BCUT2D eigenvalue weighted by molar-refractivity contribution is 5.73. The van der Waals surface area contributed by atoms with Crippen molar-refractivity contribution in [3.8, 4) is 0 Å². The van der Waals surface area contributed by atoms with Crippen LogP contribution in [0.25, 0.3) is 0 Å². The minimum atomic E-state index is -0.672. The summed E-state index contributed by atoms with van der Waals surface area (Å²) in [5, 5.41) is 8.79. The van der Waals surface area contributed by atoms with Crippen molar-refractivity contribution in [2.45, 2.75) is 31.7 Å². The van der Waals surface area contributed by atoms with Crippen molar-refractivity contribution in [3.63, 3.8) is 0 Å². The third-order valence-corrected chi connectivity index (χ3v) is 2.31. The van der Waals surface area contributed by atoms with Crippen LogP contribution in [0, 0.1) is 0 Å². The molecular formula is C8H15NO2. The van der Waals surface area contributed by atoms with Gasteiger partial charge in [0.1, 0.15) is 6.04 Å². The molecule has 0 amide bonds. The molecule has 1 rings (SSSR count). The Balaban J connectivity index is 2.52. The Bertz CT molecular complexity index is 147. The molecular weight excluding hydrogens is 142 g/mol. The molecule has 1 atom stereocenters. The Labute approximate surface area is 67.0 Å². The molecule has 1 heterocycles. The van der Waals surface area contributed by atoms with E-state index in [2.05, 4.69) is 0 Å². The van der Waals surface area contributed by atoms with E-state index in [0.29, 0.717) is 0 Å². The molecule has 1 aliphatic heterocycles. The number of hydrogen-bond acceptors (Lipinski definition) is 2. The standard InChI is InChI=1S/C8H15NO2/c1-9-6-4-2-3-5-7(9)8(10)11/h7H,2-6H2,1H3,(H,10,11)/t7-/m0/s1. The van der Waals surface area contributed by atoms with Gasteiger partial charge in [-0.25, -0.2) is 0 Å². The topological polar surface area (TPSA) is 40.5 Å². The molecule has 64 valence electrons. The van der Waals surface area contributed by atoms with Gasteiger partial charge < -0.3 is 5.11 Å². The van der Waals surface area contributed by atoms with Crippen LogP contribution in [-0.4, -0.2) is 35.6 Å². The van der Waals surface area contributed by atoms with Crippen LogP contribution in [0.1, 0.15) is 25.7 Å². The molecule has 1 N–H and O–H groups in total. The van der Waals surface area contributed by atoms with Gasteiger partial charge in [-0.15, -0.1) is 0 Å². The summed E-state index contributed by atoms with van der Waals surface area (Å²) in [5.41, 5.74) is 0. The normalized spacial score (nSPS) is 27.9. The van der Waals surface area contributed by atoms with Crippen molar-refractivity contribution in [1.82, 2.24) is 4.90 Å². The monoisotopic (exact) mass is 157 g/mol. The van der Waals surface area contributed by atoms with Gasteiger partial charge in [0.15, 0.2) is 0 Å². The highest BCUT2D eigenvalue weighted by atomic mass is 16.4. The Morgan fingerprint density at radius 1 is 1.45 bits per heavy atom. The highest BCUT2D eigenvalue weighted by Gasteiger charge is 2.23. The van der Waals surface area contributed by atoms with Gasteiger partial charge in [0, 0.05) is 0 Å². The zero-order chi connectivity index (χ0) is 8.27. The number of rotatable bonds is 1. The molecule has 0 saturated carbocycles. The zero-order valence-corrected chi connectivity index (χ0v) is 6.92. The van der Waals surface area contributed by atoms with Gasteiger partial charge in [0.2, 0.25) is 0 Å². The van der Waals surface area contributed by atoms with Crippen LogP contribution in [0.2, 0.25) is 0 Å². The third kappa shape index (κ3) is 2.19. The SMILES string of the molecule is CN1CCCCC[C@H]1C(=O)O. The van der Waals surface area contributed by atoms with Crippen LogP contribution in [-0.2, 0) is 4.79 Å². The molecule has 0 unspecified atom stereocenters. The van der Waals surface area contributed by atoms with Gasteiger partial charge >= 0.3 is 5.97 Å². The van der Waals surface area contributed by atoms with Crippen LogP contribution in [0.15, 0.2) is 0 Å². The molecule has 0 aromatic heterocycles. The first-order chi connectivity index (χ1) is 5.22. The van der Waals surface area contributed by atoms with Gasteiger partial charge in [0.25, 0.3) is 0 Å². The largest absolute Gasteiger partial charge is 0.480 e. The molecule has 0 bridgehead atoms. The van der Waals surface area contributed by atoms with Crippen molar-refractivity contribution in [2.75, 3.05) is 13.6 Å². The third-order valence-electron chi connectivity index (χ3n) is 2.31. The molecule has 11 heavy (non-hydrogen) atoms. The molecule has 1 fully saturated rings. The highest BCUT2D eigenvalue weighted by Crippen LogP contribution is 2.14. The van der Waals surface area contributed by atoms with E-state index in [9.17, 15) is 4.79 Å². The molecule has 0 spiro atoms. The maximum absolute atomic E-state index is 10.7. The second kappa shape index (κ2) is 3.72. The van der Waals surface area contributed by atoms with E-state index in [0.717, 1.165) is 25.8 Å². The molecule has 0 radical (unpaired) electrons. The average Bonchev–Trinajstić information content (AvgIpc) is 2.13. The van der Waals surface area contributed by atoms with E-state index < -0.39 is 5.97 Å². The van der Waals surface area contributed by atoms with Crippen molar-refractivity contribution in [2.24, 2.45) is 0 Å². The Hall–Kier alpha value is -0.570. The van der Waals surface area contributed by atoms with Crippen LogP contribution in [0.4, 0.5) is 0 Å².